The Morgan fingerprint density at radius 1 is 0.571 bits per heavy atom. The van der Waals surface area contributed by atoms with Crippen molar-refractivity contribution in [2.24, 2.45) is 17.8 Å². The number of nitrogens with zero attached hydrogens (tertiary/aromatic N) is 5. The van der Waals surface area contributed by atoms with Crippen molar-refractivity contribution < 1.29 is 4.42 Å². The molecule has 0 N–H and O–H groups in total. The van der Waals surface area contributed by atoms with E-state index in [0.717, 1.165) is 83.9 Å². The molecule has 6 heteroatoms. The van der Waals surface area contributed by atoms with Gasteiger partial charge in [-0.05, 0) is 128 Å². The molecular formula is C50H37N5O. The van der Waals surface area contributed by atoms with Crippen molar-refractivity contribution in [3.05, 3.63) is 145 Å². The largest absolute Gasteiger partial charge is 0.455 e. The first-order chi connectivity index (χ1) is 27.6. The van der Waals surface area contributed by atoms with E-state index in [9.17, 15) is 5.26 Å². The molecule has 0 saturated heterocycles. The lowest BCUT2D eigenvalue weighted by atomic mass is 9.48. The Morgan fingerprint density at radius 3 is 1.89 bits per heavy atom. The first kappa shape index (κ1) is 31.7. The van der Waals surface area contributed by atoms with Crippen molar-refractivity contribution in [3.8, 4) is 45.9 Å². The summed E-state index contributed by atoms with van der Waals surface area (Å²) in [7, 11) is 0. The third kappa shape index (κ3) is 4.83. The van der Waals surface area contributed by atoms with Crippen LogP contribution in [-0.4, -0.2) is 19.5 Å². The van der Waals surface area contributed by atoms with Crippen LogP contribution in [-0.2, 0) is 5.41 Å². The zero-order chi connectivity index (χ0) is 37.0. The molecule has 4 fully saturated rings. The molecule has 4 bridgehead atoms. The third-order valence-electron chi connectivity index (χ3n) is 13.3. The zero-order valence-corrected chi connectivity index (χ0v) is 30.8. The van der Waals surface area contributed by atoms with E-state index in [1.165, 1.54) is 44.1 Å². The van der Waals surface area contributed by atoms with Gasteiger partial charge in [-0.1, -0.05) is 72.8 Å². The standard InChI is InChI=1S/C50H37N5O/c51-29-30-12-21-44-42(25-30)38-6-1-3-10-43(38)55(44)37-19-15-35(16-20-37)48-52-47(34-13-17-36(18-14-34)50-26-31-22-32(27-50)24-33(23-31)28-50)53-49(54-48)41-9-5-8-40-39-7-2-4-11-45(39)56-46(40)41/h1-21,25,31-33H,22-24,26-28H2. The summed E-state index contributed by atoms with van der Waals surface area (Å²) in [6.07, 6.45) is 8.33. The maximum Gasteiger partial charge on any atom is 0.167 e. The van der Waals surface area contributed by atoms with Crippen LogP contribution in [0.25, 0.3) is 83.6 Å². The number of aromatic nitrogens is 4. The fourth-order valence-corrected chi connectivity index (χ4v) is 11.2. The molecule has 56 heavy (non-hydrogen) atoms. The average molecular weight is 724 g/mol. The number of furan rings is 1. The van der Waals surface area contributed by atoms with E-state index >= 15 is 0 Å². The van der Waals surface area contributed by atoms with Gasteiger partial charge in [0.15, 0.2) is 17.5 Å². The van der Waals surface area contributed by atoms with Crippen LogP contribution >= 0.6 is 0 Å². The Balaban J connectivity index is 0.985. The van der Waals surface area contributed by atoms with Gasteiger partial charge in [-0.3, -0.25) is 0 Å². The minimum Gasteiger partial charge on any atom is -0.455 e. The Hall–Kier alpha value is -6.58. The predicted molar refractivity (Wildman–Crippen MR) is 222 cm³/mol. The quantitative estimate of drug-likeness (QED) is 0.177. The molecule has 0 atom stereocenters. The zero-order valence-electron chi connectivity index (χ0n) is 30.8. The molecule has 0 amide bonds. The van der Waals surface area contributed by atoms with Gasteiger partial charge in [-0.2, -0.15) is 5.26 Å². The number of fused-ring (bicyclic) bond motifs is 6. The van der Waals surface area contributed by atoms with Crippen molar-refractivity contribution in [1.29, 1.82) is 5.26 Å². The molecule has 3 aromatic heterocycles. The van der Waals surface area contributed by atoms with E-state index in [4.69, 9.17) is 19.4 Å². The van der Waals surface area contributed by atoms with Gasteiger partial charge in [0.2, 0.25) is 0 Å². The van der Waals surface area contributed by atoms with E-state index in [1.807, 2.05) is 48.5 Å². The highest BCUT2D eigenvalue weighted by atomic mass is 16.3. The van der Waals surface area contributed by atoms with Crippen molar-refractivity contribution in [3.63, 3.8) is 0 Å². The lowest BCUT2D eigenvalue weighted by Crippen LogP contribution is -2.48. The summed E-state index contributed by atoms with van der Waals surface area (Å²) in [5, 5.41) is 13.9. The van der Waals surface area contributed by atoms with Gasteiger partial charge in [-0.25, -0.2) is 15.0 Å². The lowest BCUT2D eigenvalue weighted by molar-refractivity contribution is -0.00518. The number of hydrogen-bond acceptors (Lipinski definition) is 5. The molecule has 3 heterocycles. The number of rotatable bonds is 5. The molecule has 6 nitrogen and oxygen atoms in total. The Labute approximate surface area is 324 Å². The molecule has 4 saturated carbocycles. The summed E-state index contributed by atoms with van der Waals surface area (Å²) >= 11 is 0. The summed E-state index contributed by atoms with van der Waals surface area (Å²) in [4.78, 5) is 15.5. The monoisotopic (exact) mass is 723 g/mol. The summed E-state index contributed by atoms with van der Waals surface area (Å²) in [5.41, 5.74) is 9.97. The summed E-state index contributed by atoms with van der Waals surface area (Å²) in [6, 6.07) is 48.6. The number of para-hydroxylation sites is 3. The lowest BCUT2D eigenvalue weighted by Gasteiger charge is -2.57. The molecule has 4 aliphatic rings. The second kappa shape index (κ2) is 12.0. The van der Waals surface area contributed by atoms with Crippen LogP contribution in [0.4, 0.5) is 0 Å². The number of benzene rings is 6. The molecule has 268 valence electrons. The van der Waals surface area contributed by atoms with E-state index in [-0.39, 0.29) is 0 Å². The van der Waals surface area contributed by atoms with Crippen LogP contribution in [0.2, 0.25) is 0 Å². The SMILES string of the molecule is N#Cc1ccc2c(c1)c1ccccc1n2-c1ccc(-c2nc(-c3ccc(C45CC6CC(CC(C6)C4)C5)cc3)nc(-c3cccc4c3oc3ccccc34)n2)cc1. The van der Waals surface area contributed by atoms with Gasteiger partial charge in [-0.15, -0.1) is 0 Å². The Morgan fingerprint density at radius 2 is 1.18 bits per heavy atom. The highest BCUT2D eigenvalue weighted by Gasteiger charge is 2.51. The minimum absolute atomic E-state index is 0.329. The summed E-state index contributed by atoms with van der Waals surface area (Å²) in [5.74, 6) is 4.53. The Kier molecular flexibility index (Phi) is 6.78. The molecule has 9 aromatic rings. The number of hydrogen-bond donors (Lipinski definition) is 0. The highest BCUT2D eigenvalue weighted by Crippen LogP contribution is 2.60. The van der Waals surface area contributed by atoms with Crippen molar-refractivity contribution >= 4 is 43.7 Å². The van der Waals surface area contributed by atoms with Gasteiger partial charge in [0.25, 0.3) is 0 Å². The normalized spacial score (nSPS) is 21.4. The first-order valence-corrected chi connectivity index (χ1v) is 19.9. The predicted octanol–water partition coefficient (Wildman–Crippen LogP) is 12.2. The third-order valence-corrected chi connectivity index (χ3v) is 13.3. The van der Waals surface area contributed by atoms with Crippen molar-refractivity contribution in [2.75, 3.05) is 0 Å². The molecule has 0 unspecified atom stereocenters. The topological polar surface area (TPSA) is 80.5 Å². The Bertz CT molecular complexity index is 3040. The van der Waals surface area contributed by atoms with E-state index in [0.29, 0.717) is 28.5 Å². The maximum absolute atomic E-state index is 9.63. The molecule has 4 aliphatic carbocycles. The van der Waals surface area contributed by atoms with Crippen LogP contribution in [0.15, 0.2) is 138 Å². The second-order valence-electron chi connectivity index (χ2n) is 16.6. The molecular weight excluding hydrogens is 687 g/mol. The van der Waals surface area contributed by atoms with Crippen molar-refractivity contribution in [1.82, 2.24) is 19.5 Å². The molecule has 0 radical (unpaired) electrons. The van der Waals surface area contributed by atoms with Crippen LogP contribution in [0.1, 0.15) is 49.7 Å². The van der Waals surface area contributed by atoms with Crippen LogP contribution < -0.4 is 0 Å². The van der Waals surface area contributed by atoms with Gasteiger partial charge in [0, 0.05) is 38.4 Å². The highest BCUT2D eigenvalue weighted by molar-refractivity contribution is 6.10. The number of nitriles is 1. The van der Waals surface area contributed by atoms with E-state index in [2.05, 4.69) is 95.6 Å². The van der Waals surface area contributed by atoms with E-state index in [1.54, 1.807) is 0 Å². The smallest absolute Gasteiger partial charge is 0.167 e. The summed E-state index contributed by atoms with van der Waals surface area (Å²) < 4.78 is 8.74. The van der Waals surface area contributed by atoms with E-state index < -0.39 is 0 Å². The van der Waals surface area contributed by atoms with Crippen LogP contribution in [0.5, 0.6) is 0 Å². The maximum atomic E-state index is 9.63. The van der Waals surface area contributed by atoms with Crippen LogP contribution in [0.3, 0.4) is 0 Å². The van der Waals surface area contributed by atoms with Gasteiger partial charge < -0.3 is 8.98 Å². The van der Waals surface area contributed by atoms with Crippen LogP contribution in [0, 0.1) is 29.1 Å². The fraction of sp³-hybridized carbons (Fsp3) is 0.200. The van der Waals surface area contributed by atoms with Gasteiger partial charge in [0.1, 0.15) is 11.2 Å². The van der Waals surface area contributed by atoms with Gasteiger partial charge >= 0.3 is 0 Å². The molecule has 0 aliphatic heterocycles. The fourth-order valence-electron chi connectivity index (χ4n) is 11.2. The van der Waals surface area contributed by atoms with Gasteiger partial charge in [0.05, 0.1) is 28.2 Å². The molecule has 0 spiro atoms. The van der Waals surface area contributed by atoms with Crippen molar-refractivity contribution in [2.45, 2.75) is 43.9 Å². The minimum atomic E-state index is 0.329. The second-order valence-corrected chi connectivity index (χ2v) is 16.6. The molecule has 6 aromatic carbocycles. The molecule has 13 rings (SSSR count). The average Bonchev–Trinajstić information content (AvgIpc) is 3.79. The summed E-state index contributed by atoms with van der Waals surface area (Å²) in [6.45, 7) is 0. The first-order valence-electron chi connectivity index (χ1n) is 19.9.